The number of hydrogen-bond acceptors (Lipinski definition) is 3. The van der Waals surface area contributed by atoms with Crippen molar-refractivity contribution in [3.05, 3.63) is 0 Å². The topological polar surface area (TPSA) is 120 Å². The first-order valence-corrected chi connectivity index (χ1v) is 1.34. The quantitative estimate of drug-likeness (QED) is 0.401. The second-order valence-electron chi connectivity index (χ2n) is 0.738. The van der Waals surface area contributed by atoms with Crippen molar-refractivity contribution in [1.29, 1.82) is 4.29 Å². The summed E-state index contributed by atoms with van der Waals surface area (Å²) in [5.74, 6) is -2.49. The zero-order chi connectivity index (χ0) is 14.5. The number of aliphatic carboxylic acids is 1. The summed E-state index contributed by atoms with van der Waals surface area (Å²) in [5.41, 5.74) is -0.0821. The molecule has 0 rings (SSSR count). The fraction of sp³-hybridized carbons (Fsp3) is 0.667. The summed E-state index contributed by atoms with van der Waals surface area (Å²) < 4.78 is 57.4. The summed E-state index contributed by atoms with van der Waals surface area (Å²) in [5, 5.41) is 13.7. The zero-order valence-corrected chi connectivity index (χ0v) is 3.58. The summed E-state index contributed by atoms with van der Waals surface area (Å²) in [7, 11) is 0. The molecule has 0 heterocycles. The summed E-state index contributed by atoms with van der Waals surface area (Å²) in [6.07, 6.45) is 0. The molecule has 0 aromatic carbocycles. The standard InChI is InChI=1S/C3H7NO3.H2O/c4-2(1-5)3(6)7;/h2,5H,1,4H2,(H,6,7);1H2/t2-;/m0./s1/i1D2,2D,5D;/hD5. The highest BCUT2D eigenvalue weighted by Crippen LogP contribution is 1.63. The van der Waals surface area contributed by atoms with Gasteiger partial charge < -0.3 is 26.2 Å². The van der Waals surface area contributed by atoms with Crippen LogP contribution in [0, 0.1) is 0 Å². The molecule has 0 amide bonds. The van der Waals surface area contributed by atoms with E-state index in [4.69, 9.17) is 12.6 Å². The summed E-state index contributed by atoms with van der Waals surface area (Å²) >= 11 is 0. The average Bonchev–Trinajstić information content (AvgIpc) is 2.15. The van der Waals surface area contributed by atoms with Gasteiger partial charge in [0.15, 0.2) is 0 Å². The molecule has 8 heavy (non-hydrogen) atoms. The number of carboxylic acid groups (broad SMARTS) is 1. The average molecular weight is 132 g/mol. The highest BCUT2D eigenvalue weighted by Gasteiger charge is 2.01. The van der Waals surface area contributed by atoms with E-state index in [0.29, 0.717) is 0 Å². The molecule has 1 atom stereocenters. The number of carbonyl (C=O) groups excluding carboxylic acids is 1. The Kier molecular flexibility index (Phi) is 0.811. The van der Waals surface area contributed by atoms with E-state index in [1.807, 2.05) is 0 Å². The maximum atomic E-state index is 10.4. The summed E-state index contributed by atoms with van der Waals surface area (Å²) in [4.78, 5) is 10.4. The molecule has 50 valence electrons. The minimum atomic E-state index is -3.70. The first-order chi connectivity index (χ1) is 7.42. The van der Waals surface area contributed by atoms with Crippen molar-refractivity contribution in [2.45, 2.75) is 6.02 Å². The van der Waals surface area contributed by atoms with Crippen LogP contribution in [-0.2, 0) is 4.79 Å². The van der Waals surface area contributed by atoms with Crippen LogP contribution in [0.2, 0.25) is 4.24 Å². The predicted octanol–water partition coefficient (Wildman–Crippen LogP) is -4.49. The second-order valence-corrected chi connectivity index (χ2v) is 0.738. The lowest BCUT2D eigenvalue weighted by Gasteiger charge is -2.02. The normalized spacial score (nSPS) is 34.2. The SMILES string of the molecule is [2H]OC([2H])([2H])[C@@]([2H])(C(=O)[O-])[N+]([2H])([2H])[2H].[2H]O[2H]. The molecular weight excluding hydrogens is 114 g/mol. The van der Waals surface area contributed by atoms with Gasteiger partial charge >= 0.3 is 4.24 Å². The van der Waals surface area contributed by atoms with E-state index < -0.39 is 24.3 Å². The smallest absolute Gasteiger partial charge is 0.345 e. The molecule has 0 aliphatic rings. The van der Waals surface area contributed by atoms with Crippen molar-refractivity contribution in [2.24, 2.45) is 0 Å². The van der Waals surface area contributed by atoms with Crippen LogP contribution >= 0.6 is 0 Å². The van der Waals surface area contributed by atoms with Crippen molar-refractivity contribution >= 4 is 5.97 Å². The molecule has 0 fully saturated rings. The van der Waals surface area contributed by atoms with E-state index in [9.17, 15) is 9.90 Å². The Hall–Kier alpha value is -0.650. The molecule has 0 saturated carbocycles. The van der Waals surface area contributed by atoms with Gasteiger partial charge in [0.25, 0.3) is 0 Å². The fourth-order valence-corrected chi connectivity index (χ4v) is 0.0417. The highest BCUT2D eigenvalue weighted by atomic mass is 16.4. The molecular formula is C3H9NO4. The molecule has 0 unspecified atom stereocenters. The third-order valence-corrected chi connectivity index (χ3v) is 0.290. The van der Waals surface area contributed by atoms with Crippen molar-refractivity contribution < 1.29 is 34.6 Å². The summed E-state index contributed by atoms with van der Waals surface area (Å²) in [6, 6.07) is -3.70. The first-order valence-electron chi connectivity index (χ1n) is 5.40. The Balaban J connectivity index is 0. The Morgan fingerprint density at radius 3 is 3.50 bits per heavy atom. The van der Waals surface area contributed by atoms with E-state index in [0.717, 1.165) is 0 Å². The molecule has 5 heteroatoms. The number of carbonyl (C=O) groups is 1. The fourth-order valence-electron chi connectivity index (χ4n) is 0.0417. The van der Waals surface area contributed by atoms with Crippen molar-refractivity contribution in [3.63, 3.8) is 0 Å². The van der Waals surface area contributed by atoms with Crippen molar-refractivity contribution in [1.82, 2.24) is 0 Å². The van der Waals surface area contributed by atoms with E-state index in [1.165, 1.54) is 0 Å². The van der Waals surface area contributed by atoms with Gasteiger partial charge in [0.2, 0.25) is 4.29 Å². The Morgan fingerprint density at radius 2 is 3.38 bits per heavy atom. The van der Waals surface area contributed by atoms with Crippen LogP contribution in [0.4, 0.5) is 0 Å². The second kappa shape index (κ2) is 4.51. The van der Waals surface area contributed by atoms with Crippen LogP contribution < -0.4 is 10.8 Å². The van der Waals surface area contributed by atoms with Gasteiger partial charge in [-0.25, -0.2) is 0 Å². The number of carboxylic acids is 1. The summed E-state index contributed by atoms with van der Waals surface area (Å²) in [6.45, 7) is -3.52. The first kappa shape index (κ1) is 1.44. The third-order valence-electron chi connectivity index (χ3n) is 0.290. The molecule has 0 saturated heterocycles. The van der Waals surface area contributed by atoms with Crippen LogP contribution in [0.1, 0.15) is 4.11 Å². The molecule has 0 aliphatic heterocycles. The maximum absolute atomic E-state index is 10.4. The molecule has 0 aliphatic carbocycles. The molecule has 0 bridgehead atoms. The molecule has 0 aromatic heterocycles. The van der Waals surface area contributed by atoms with Crippen LogP contribution in [0.5, 0.6) is 0 Å². The zero-order valence-electron chi connectivity index (χ0n) is 12.6. The Bertz CT molecular complexity index is 255. The van der Waals surface area contributed by atoms with Crippen LogP contribution in [-0.4, -0.2) is 33.4 Å². The number of hydrogen-bond donors (Lipinski definition) is 2. The van der Waals surface area contributed by atoms with E-state index in [-0.39, 0.29) is 0 Å². The largest absolute Gasteiger partial charge is 0.544 e. The van der Waals surface area contributed by atoms with Gasteiger partial charge in [0, 0.05) is 0 Å². The number of aliphatic hydroxyl groups is 1. The van der Waals surface area contributed by atoms with Gasteiger partial charge in [-0.15, -0.1) is 0 Å². The van der Waals surface area contributed by atoms with E-state index >= 15 is 0 Å². The van der Waals surface area contributed by atoms with Gasteiger partial charge in [-0.1, -0.05) is 0 Å². The molecule has 6 N–H and O–H groups in total. The highest BCUT2D eigenvalue weighted by molar-refractivity contribution is 5.69. The molecule has 5 nitrogen and oxygen atoms in total. The molecule has 0 aromatic rings. The monoisotopic (exact) mass is 132 g/mol. The lowest BCUT2D eigenvalue weighted by Crippen LogP contribution is -2.70. The van der Waals surface area contributed by atoms with Gasteiger partial charge in [-0.05, 0) is 0 Å². The number of rotatable bonds is 4. The lowest BCUT2D eigenvalue weighted by atomic mass is 10.3. The van der Waals surface area contributed by atoms with Gasteiger partial charge in [0.05, 0.1) is 2.74 Å². The van der Waals surface area contributed by atoms with E-state index in [2.05, 4.69) is 10.6 Å². The Labute approximate surface area is 59.1 Å². The van der Waals surface area contributed by atoms with Gasteiger partial charge in [0.1, 0.15) is 19.9 Å². The van der Waals surface area contributed by atoms with Gasteiger partial charge in [-0.3, -0.25) is 0 Å². The molecule has 0 radical (unpaired) electrons. The predicted molar refractivity (Wildman–Crippen MR) is 22.4 cm³/mol. The van der Waals surface area contributed by atoms with Gasteiger partial charge in [-0.2, -0.15) is 0 Å². The van der Waals surface area contributed by atoms with Crippen molar-refractivity contribution in [2.75, 3.05) is 6.56 Å². The van der Waals surface area contributed by atoms with E-state index in [1.54, 1.807) is 0 Å². The minimum Gasteiger partial charge on any atom is -0.544 e. The lowest BCUT2D eigenvalue weighted by molar-refractivity contribution is -0.441. The van der Waals surface area contributed by atoms with Crippen LogP contribution in [0.25, 0.3) is 0 Å². The number of quaternary nitrogens is 1. The minimum absolute atomic E-state index is 2.49. The van der Waals surface area contributed by atoms with Crippen LogP contribution in [0.15, 0.2) is 0 Å². The maximum Gasteiger partial charge on any atom is 0.345 e. The van der Waals surface area contributed by atoms with Crippen LogP contribution in [0.3, 0.4) is 0 Å². The molecule has 0 spiro atoms. The third kappa shape index (κ3) is 3.54. The Morgan fingerprint density at radius 1 is 2.75 bits per heavy atom. The van der Waals surface area contributed by atoms with Crippen molar-refractivity contribution in [3.8, 4) is 0 Å².